The van der Waals surface area contributed by atoms with Crippen molar-refractivity contribution in [2.24, 2.45) is 0 Å². The molecule has 0 bridgehead atoms. The summed E-state index contributed by atoms with van der Waals surface area (Å²) < 4.78 is 0. The van der Waals surface area contributed by atoms with E-state index in [1.54, 1.807) is 0 Å². The number of nitrogens with zero attached hydrogens (tertiary/aromatic N) is 3. The van der Waals surface area contributed by atoms with E-state index in [2.05, 4.69) is 20.3 Å². The second-order valence-electron chi connectivity index (χ2n) is 4.34. The van der Waals surface area contributed by atoms with Gasteiger partial charge in [0.2, 0.25) is 0 Å². The molecule has 2 heterocycles. The van der Waals surface area contributed by atoms with Crippen LogP contribution in [0.2, 0.25) is 0 Å². The molecule has 3 rings (SSSR count). The van der Waals surface area contributed by atoms with Crippen LogP contribution in [0.4, 0.5) is 5.00 Å². The van der Waals surface area contributed by atoms with Gasteiger partial charge in [-0.1, -0.05) is 41.7 Å². The third-order valence-corrected chi connectivity index (χ3v) is 3.96. The van der Waals surface area contributed by atoms with Gasteiger partial charge in [-0.2, -0.15) is 0 Å². The molecule has 1 amide bonds. The first-order valence-electron chi connectivity index (χ1n) is 6.34. The fourth-order valence-electron chi connectivity index (χ4n) is 1.80. The summed E-state index contributed by atoms with van der Waals surface area (Å²) in [6.45, 7) is 1.87. The number of hydrogen-bond acceptors (Lipinski definition) is 5. The molecule has 1 N–H and O–H groups in total. The van der Waals surface area contributed by atoms with Crippen molar-refractivity contribution >= 4 is 22.2 Å². The summed E-state index contributed by atoms with van der Waals surface area (Å²) in [5.41, 5.74) is 2.10. The maximum Gasteiger partial charge on any atom is 0.276 e. The van der Waals surface area contributed by atoms with Gasteiger partial charge in [-0.3, -0.25) is 9.78 Å². The molecule has 0 saturated carbocycles. The average molecular weight is 296 g/mol. The topological polar surface area (TPSA) is 67.8 Å². The largest absolute Gasteiger partial charge is 0.311 e. The van der Waals surface area contributed by atoms with Gasteiger partial charge in [0.1, 0.15) is 15.7 Å². The molecule has 0 aliphatic rings. The maximum atomic E-state index is 12.1. The molecule has 0 radical (unpaired) electrons. The van der Waals surface area contributed by atoms with Gasteiger partial charge in [-0.05, 0) is 6.92 Å². The zero-order valence-electron chi connectivity index (χ0n) is 11.3. The zero-order chi connectivity index (χ0) is 14.7. The van der Waals surface area contributed by atoms with E-state index in [0.717, 1.165) is 21.3 Å². The van der Waals surface area contributed by atoms with Crippen molar-refractivity contribution < 1.29 is 4.79 Å². The minimum Gasteiger partial charge on any atom is -0.311 e. The standard InChI is InChI=1S/C15H12N4OS/c1-10-14(19-13(20)12-9-16-7-8-17-12)21-15(18-10)11-5-3-2-4-6-11/h2-9H,1H3,(H,19,20). The molecule has 0 fully saturated rings. The molecule has 104 valence electrons. The van der Waals surface area contributed by atoms with Crippen molar-refractivity contribution in [2.75, 3.05) is 5.32 Å². The summed E-state index contributed by atoms with van der Waals surface area (Å²) >= 11 is 1.44. The number of aryl methyl sites for hydroxylation is 1. The molecule has 2 aromatic heterocycles. The van der Waals surface area contributed by atoms with Crippen LogP contribution in [0.15, 0.2) is 48.9 Å². The van der Waals surface area contributed by atoms with Crippen molar-refractivity contribution in [1.29, 1.82) is 0 Å². The summed E-state index contributed by atoms with van der Waals surface area (Å²) in [5.74, 6) is -0.283. The molecule has 21 heavy (non-hydrogen) atoms. The maximum absolute atomic E-state index is 12.1. The quantitative estimate of drug-likeness (QED) is 0.806. The highest BCUT2D eigenvalue weighted by atomic mass is 32.1. The predicted molar refractivity (Wildman–Crippen MR) is 82.3 cm³/mol. The van der Waals surface area contributed by atoms with E-state index in [4.69, 9.17) is 0 Å². The van der Waals surface area contributed by atoms with Crippen molar-refractivity contribution in [1.82, 2.24) is 15.0 Å². The Bertz CT molecular complexity index is 756. The van der Waals surface area contributed by atoms with Crippen molar-refractivity contribution in [3.63, 3.8) is 0 Å². The predicted octanol–water partition coefficient (Wildman–Crippen LogP) is 3.16. The lowest BCUT2D eigenvalue weighted by Crippen LogP contribution is -2.13. The number of aromatic nitrogens is 3. The van der Waals surface area contributed by atoms with Crippen molar-refractivity contribution in [3.8, 4) is 10.6 Å². The van der Waals surface area contributed by atoms with Gasteiger partial charge in [0.15, 0.2) is 0 Å². The number of carbonyl (C=O) groups excluding carboxylic acids is 1. The second kappa shape index (κ2) is 5.80. The van der Waals surface area contributed by atoms with Crippen LogP contribution in [-0.4, -0.2) is 20.9 Å². The lowest BCUT2D eigenvalue weighted by molar-refractivity contribution is 0.102. The molecule has 5 nitrogen and oxygen atoms in total. The highest BCUT2D eigenvalue weighted by Crippen LogP contribution is 2.31. The summed E-state index contributed by atoms with van der Waals surface area (Å²) in [6, 6.07) is 9.87. The Morgan fingerprint density at radius 1 is 1.19 bits per heavy atom. The molecule has 1 aromatic carbocycles. The first-order valence-corrected chi connectivity index (χ1v) is 7.16. The fourth-order valence-corrected chi connectivity index (χ4v) is 2.77. The smallest absolute Gasteiger partial charge is 0.276 e. The van der Waals surface area contributed by atoms with E-state index in [1.807, 2.05) is 37.3 Å². The average Bonchev–Trinajstić information content (AvgIpc) is 2.90. The monoisotopic (exact) mass is 296 g/mol. The second-order valence-corrected chi connectivity index (χ2v) is 5.34. The van der Waals surface area contributed by atoms with Crippen LogP contribution in [0.1, 0.15) is 16.2 Å². The van der Waals surface area contributed by atoms with Gasteiger partial charge < -0.3 is 5.32 Å². The number of benzene rings is 1. The van der Waals surface area contributed by atoms with E-state index in [0.29, 0.717) is 0 Å². The molecular formula is C15H12N4OS. The van der Waals surface area contributed by atoms with Crippen molar-refractivity contribution in [2.45, 2.75) is 6.92 Å². The third-order valence-electron chi connectivity index (χ3n) is 2.84. The van der Waals surface area contributed by atoms with E-state index in [9.17, 15) is 4.79 Å². The summed E-state index contributed by atoms with van der Waals surface area (Å²) in [4.78, 5) is 24.4. The van der Waals surface area contributed by atoms with Crippen LogP contribution in [0.5, 0.6) is 0 Å². The van der Waals surface area contributed by atoms with Crippen molar-refractivity contribution in [3.05, 3.63) is 60.3 Å². The molecule has 6 heteroatoms. The minimum absolute atomic E-state index is 0.283. The first-order chi connectivity index (χ1) is 10.2. The molecule has 0 aliphatic carbocycles. The summed E-state index contributed by atoms with van der Waals surface area (Å²) in [5, 5.41) is 4.43. The zero-order valence-corrected chi connectivity index (χ0v) is 12.1. The van der Waals surface area contributed by atoms with Crippen LogP contribution in [-0.2, 0) is 0 Å². The Kier molecular flexibility index (Phi) is 3.70. The van der Waals surface area contributed by atoms with E-state index in [1.165, 1.54) is 29.9 Å². The number of thiazole rings is 1. The Morgan fingerprint density at radius 2 is 2.00 bits per heavy atom. The van der Waals surface area contributed by atoms with Crippen LogP contribution in [0, 0.1) is 6.92 Å². The molecule has 0 saturated heterocycles. The van der Waals surface area contributed by atoms with Gasteiger partial charge in [0.25, 0.3) is 5.91 Å². The molecule has 0 atom stereocenters. The van der Waals surface area contributed by atoms with Crippen LogP contribution < -0.4 is 5.32 Å². The fraction of sp³-hybridized carbons (Fsp3) is 0.0667. The first kappa shape index (κ1) is 13.4. The number of anilines is 1. The van der Waals surface area contributed by atoms with E-state index in [-0.39, 0.29) is 11.6 Å². The number of nitrogens with one attached hydrogen (secondary N) is 1. The molecule has 3 aromatic rings. The Morgan fingerprint density at radius 3 is 2.71 bits per heavy atom. The Balaban J connectivity index is 1.84. The molecule has 0 aliphatic heterocycles. The summed E-state index contributed by atoms with van der Waals surface area (Å²) in [7, 11) is 0. The van der Waals surface area contributed by atoms with Crippen LogP contribution >= 0.6 is 11.3 Å². The molecular weight excluding hydrogens is 284 g/mol. The van der Waals surface area contributed by atoms with Gasteiger partial charge in [0, 0.05) is 18.0 Å². The van der Waals surface area contributed by atoms with Crippen LogP contribution in [0.3, 0.4) is 0 Å². The summed E-state index contributed by atoms with van der Waals surface area (Å²) in [6.07, 6.45) is 4.45. The van der Waals surface area contributed by atoms with Gasteiger partial charge in [0.05, 0.1) is 11.9 Å². The van der Waals surface area contributed by atoms with Gasteiger partial charge >= 0.3 is 0 Å². The highest BCUT2D eigenvalue weighted by molar-refractivity contribution is 7.19. The van der Waals surface area contributed by atoms with E-state index < -0.39 is 0 Å². The molecule has 0 spiro atoms. The normalized spacial score (nSPS) is 10.3. The third kappa shape index (κ3) is 2.95. The number of amides is 1. The lowest BCUT2D eigenvalue weighted by Gasteiger charge is -2.01. The van der Waals surface area contributed by atoms with Crippen LogP contribution in [0.25, 0.3) is 10.6 Å². The number of carbonyl (C=O) groups is 1. The van der Waals surface area contributed by atoms with Gasteiger partial charge in [-0.25, -0.2) is 9.97 Å². The minimum atomic E-state index is -0.283. The Hall–Kier alpha value is -2.60. The van der Waals surface area contributed by atoms with Gasteiger partial charge in [-0.15, -0.1) is 0 Å². The number of rotatable bonds is 3. The Labute approximate surface area is 125 Å². The molecule has 0 unspecified atom stereocenters. The van der Waals surface area contributed by atoms with E-state index >= 15 is 0 Å². The SMILES string of the molecule is Cc1nc(-c2ccccc2)sc1NC(=O)c1cnccn1. The number of hydrogen-bond donors (Lipinski definition) is 1. The lowest BCUT2D eigenvalue weighted by atomic mass is 10.2. The highest BCUT2D eigenvalue weighted by Gasteiger charge is 2.13.